The first kappa shape index (κ1) is 12.2. The summed E-state index contributed by atoms with van der Waals surface area (Å²) >= 11 is 0. The van der Waals surface area contributed by atoms with E-state index in [2.05, 4.69) is 0 Å². The van der Waals surface area contributed by atoms with Crippen LogP contribution >= 0.6 is 0 Å². The third-order valence-electron chi connectivity index (χ3n) is 1.96. The van der Waals surface area contributed by atoms with Gasteiger partial charge in [-0.15, -0.1) is 0 Å². The van der Waals surface area contributed by atoms with Crippen LogP contribution in [-0.2, 0) is 0 Å². The zero-order valence-corrected chi connectivity index (χ0v) is 9.39. The molecule has 6 heteroatoms. The lowest BCUT2D eigenvalue weighted by Crippen LogP contribution is -2.44. The molecule has 15 heavy (non-hydrogen) atoms. The van der Waals surface area contributed by atoms with E-state index >= 15 is 0 Å². The quantitative estimate of drug-likeness (QED) is 0.306. The molecule has 0 fully saturated rings. The fraction of sp³-hybridized carbons (Fsp3) is 0.333. The van der Waals surface area contributed by atoms with Crippen molar-refractivity contribution in [3.8, 4) is 0 Å². The molecule has 1 rings (SSSR count). The third kappa shape index (κ3) is 1.90. The SMILES string of the molecule is C[Si](C)(C)c1c(F)c(F)c(F)c(F)c1F. The van der Waals surface area contributed by atoms with Crippen LogP contribution in [0.15, 0.2) is 0 Å². The summed E-state index contributed by atoms with van der Waals surface area (Å²) in [5.41, 5.74) is 0. The van der Waals surface area contributed by atoms with Crippen molar-refractivity contribution >= 4 is 13.3 Å². The van der Waals surface area contributed by atoms with Crippen molar-refractivity contribution in [2.75, 3.05) is 0 Å². The van der Waals surface area contributed by atoms with Crippen LogP contribution in [0.1, 0.15) is 0 Å². The molecule has 0 amide bonds. The largest absolute Gasteiger partial charge is 0.204 e. The second-order valence-electron chi connectivity index (χ2n) is 4.19. The lowest BCUT2D eigenvalue weighted by atomic mass is 10.3. The molecule has 0 unspecified atom stereocenters. The number of benzene rings is 1. The number of rotatable bonds is 1. The van der Waals surface area contributed by atoms with Crippen LogP contribution in [0, 0.1) is 29.1 Å². The van der Waals surface area contributed by atoms with Crippen LogP contribution in [-0.4, -0.2) is 8.07 Å². The van der Waals surface area contributed by atoms with E-state index in [4.69, 9.17) is 0 Å². The maximum Gasteiger partial charge on any atom is 0.200 e. The maximum atomic E-state index is 13.2. The topological polar surface area (TPSA) is 0 Å². The van der Waals surface area contributed by atoms with E-state index in [0.717, 1.165) is 0 Å². The first-order chi connectivity index (χ1) is 6.68. The normalized spacial score (nSPS) is 12.0. The van der Waals surface area contributed by atoms with Gasteiger partial charge in [0.2, 0.25) is 5.82 Å². The minimum atomic E-state index is -2.60. The second-order valence-corrected chi connectivity index (χ2v) is 9.19. The highest BCUT2D eigenvalue weighted by Crippen LogP contribution is 2.19. The van der Waals surface area contributed by atoms with Crippen molar-refractivity contribution < 1.29 is 22.0 Å². The molecule has 0 bridgehead atoms. The Bertz CT molecular complexity index is 379. The Kier molecular flexibility index (Phi) is 2.91. The molecule has 0 atom stereocenters. The van der Waals surface area contributed by atoms with Crippen molar-refractivity contribution in [3.05, 3.63) is 29.1 Å². The van der Waals surface area contributed by atoms with Gasteiger partial charge in [-0.2, -0.15) is 0 Å². The van der Waals surface area contributed by atoms with Gasteiger partial charge in [-0.3, -0.25) is 0 Å². The summed E-state index contributed by atoms with van der Waals surface area (Å²) in [6.45, 7) is 4.52. The average Bonchev–Trinajstić information content (AvgIpc) is 2.09. The van der Waals surface area contributed by atoms with Crippen molar-refractivity contribution in [3.63, 3.8) is 0 Å². The van der Waals surface area contributed by atoms with Gasteiger partial charge >= 0.3 is 0 Å². The minimum absolute atomic E-state index is 0.654. The average molecular weight is 240 g/mol. The Morgan fingerprint density at radius 2 is 0.867 bits per heavy atom. The highest BCUT2D eigenvalue weighted by atomic mass is 28.3. The van der Waals surface area contributed by atoms with Gasteiger partial charge in [0.1, 0.15) is 0 Å². The van der Waals surface area contributed by atoms with Gasteiger partial charge in [0.05, 0.1) is 8.07 Å². The van der Waals surface area contributed by atoms with Gasteiger partial charge in [-0.05, 0) is 0 Å². The van der Waals surface area contributed by atoms with Gasteiger partial charge in [0.15, 0.2) is 23.3 Å². The predicted molar refractivity (Wildman–Crippen MR) is 49.2 cm³/mol. The van der Waals surface area contributed by atoms with Crippen LogP contribution in [0.25, 0.3) is 0 Å². The summed E-state index contributed by atoms with van der Waals surface area (Å²) in [5, 5.41) is -0.654. The van der Waals surface area contributed by atoms with Gasteiger partial charge in [0.25, 0.3) is 0 Å². The van der Waals surface area contributed by atoms with Crippen LogP contribution < -0.4 is 5.19 Å². The second kappa shape index (κ2) is 3.59. The molecule has 0 aromatic heterocycles. The Hall–Kier alpha value is -0.913. The van der Waals surface area contributed by atoms with E-state index < -0.39 is 42.3 Å². The molecule has 0 heterocycles. The van der Waals surface area contributed by atoms with Gasteiger partial charge < -0.3 is 0 Å². The standard InChI is InChI=1S/C9H9F5Si/c1-15(2,3)9-7(13)5(11)4(10)6(12)8(9)14/h1-3H3. The fourth-order valence-electron chi connectivity index (χ4n) is 1.26. The van der Waals surface area contributed by atoms with E-state index in [1.54, 1.807) is 0 Å². The van der Waals surface area contributed by atoms with E-state index in [9.17, 15) is 22.0 Å². The van der Waals surface area contributed by atoms with Crippen molar-refractivity contribution in [2.24, 2.45) is 0 Å². The first-order valence-corrected chi connectivity index (χ1v) is 7.69. The molecule has 0 nitrogen and oxygen atoms in total. The monoisotopic (exact) mass is 240 g/mol. The molecular weight excluding hydrogens is 231 g/mol. The zero-order valence-electron chi connectivity index (χ0n) is 8.39. The van der Waals surface area contributed by atoms with Gasteiger partial charge in [-0.1, -0.05) is 19.6 Å². The third-order valence-corrected chi connectivity index (χ3v) is 3.90. The molecule has 0 saturated heterocycles. The molecule has 1 aromatic rings. The summed E-state index contributed by atoms with van der Waals surface area (Å²) in [4.78, 5) is 0. The van der Waals surface area contributed by atoms with Gasteiger partial charge in [-0.25, -0.2) is 22.0 Å². The lowest BCUT2D eigenvalue weighted by molar-refractivity contribution is 0.383. The highest BCUT2D eigenvalue weighted by molar-refractivity contribution is 6.88. The number of halogens is 5. The minimum Gasteiger partial charge on any atom is -0.204 e. The smallest absolute Gasteiger partial charge is 0.200 e. The van der Waals surface area contributed by atoms with E-state index in [1.807, 2.05) is 0 Å². The van der Waals surface area contributed by atoms with Crippen LogP contribution in [0.2, 0.25) is 19.6 Å². The molecule has 0 aliphatic heterocycles. The molecule has 0 aliphatic carbocycles. The molecule has 0 saturated carbocycles. The van der Waals surface area contributed by atoms with E-state index in [0.29, 0.717) is 0 Å². The molecular formula is C9H9F5Si. The van der Waals surface area contributed by atoms with Crippen LogP contribution in [0.3, 0.4) is 0 Å². The molecule has 84 valence electrons. The fourth-order valence-corrected chi connectivity index (χ4v) is 2.80. The molecule has 1 aromatic carbocycles. The Morgan fingerprint density at radius 1 is 0.600 bits per heavy atom. The van der Waals surface area contributed by atoms with Crippen molar-refractivity contribution in [1.29, 1.82) is 0 Å². The van der Waals surface area contributed by atoms with Crippen molar-refractivity contribution in [1.82, 2.24) is 0 Å². The Balaban J connectivity index is 3.68. The summed E-state index contributed by atoms with van der Waals surface area (Å²) in [7, 11) is -2.60. The highest BCUT2D eigenvalue weighted by Gasteiger charge is 2.32. The zero-order chi connectivity index (χ0) is 12.0. The van der Waals surface area contributed by atoms with E-state index in [1.165, 1.54) is 19.6 Å². The Morgan fingerprint density at radius 3 is 1.13 bits per heavy atom. The van der Waals surface area contributed by atoms with Crippen LogP contribution in [0.4, 0.5) is 22.0 Å². The molecule has 0 aliphatic rings. The maximum absolute atomic E-state index is 13.2. The summed E-state index contributed by atoms with van der Waals surface area (Å²) in [6, 6.07) is 0. The Labute approximate surface area is 84.7 Å². The summed E-state index contributed by atoms with van der Waals surface area (Å²) < 4.78 is 64.7. The summed E-state index contributed by atoms with van der Waals surface area (Å²) in [6.07, 6.45) is 0. The molecule has 0 N–H and O–H groups in total. The number of hydrogen-bond acceptors (Lipinski definition) is 0. The molecule has 0 spiro atoms. The van der Waals surface area contributed by atoms with Gasteiger partial charge in [0, 0.05) is 5.19 Å². The summed E-state index contributed by atoms with van der Waals surface area (Å²) in [5.74, 6) is -9.25. The lowest BCUT2D eigenvalue weighted by Gasteiger charge is -2.19. The van der Waals surface area contributed by atoms with Crippen LogP contribution in [0.5, 0.6) is 0 Å². The number of hydrogen-bond donors (Lipinski definition) is 0. The first-order valence-electron chi connectivity index (χ1n) is 4.19. The molecule has 0 radical (unpaired) electrons. The van der Waals surface area contributed by atoms with E-state index in [-0.39, 0.29) is 0 Å². The predicted octanol–water partition coefficient (Wildman–Crippen LogP) is 2.93. The van der Waals surface area contributed by atoms with Crippen molar-refractivity contribution in [2.45, 2.75) is 19.6 Å².